The molecule has 2 amide bonds. The van der Waals surface area contributed by atoms with E-state index in [4.69, 9.17) is 9.15 Å². The van der Waals surface area contributed by atoms with Crippen LogP contribution in [0.1, 0.15) is 26.3 Å². The first kappa shape index (κ1) is 19.0. The summed E-state index contributed by atoms with van der Waals surface area (Å²) in [6.07, 6.45) is 0. The van der Waals surface area contributed by atoms with Gasteiger partial charge in [0.25, 0.3) is 17.5 Å². The first-order chi connectivity index (χ1) is 14.3. The molecule has 0 saturated heterocycles. The zero-order valence-electron chi connectivity index (χ0n) is 15.4. The Bertz CT molecular complexity index is 1320. The topological polar surface area (TPSA) is 137 Å². The first-order valence-electron chi connectivity index (χ1n) is 8.65. The number of esters is 1. The molecule has 0 atom stereocenters. The number of hydrogen-bond donors (Lipinski definition) is 0. The Kier molecular flexibility index (Phi) is 4.38. The number of nitro benzene ring substituents is 1. The van der Waals surface area contributed by atoms with Crippen LogP contribution in [-0.2, 0) is 4.79 Å². The normalized spacial score (nSPS) is 12.9. The van der Waals surface area contributed by atoms with Crippen LogP contribution in [0.5, 0.6) is 5.75 Å². The van der Waals surface area contributed by atoms with Crippen molar-refractivity contribution in [3.05, 3.63) is 79.7 Å². The van der Waals surface area contributed by atoms with Gasteiger partial charge in [-0.3, -0.25) is 24.6 Å². The molecule has 10 heteroatoms. The maximum atomic E-state index is 12.5. The third-order valence-corrected chi connectivity index (χ3v) is 4.62. The highest BCUT2D eigenvalue weighted by atomic mass is 16.6. The van der Waals surface area contributed by atoms with Crippen molar-refractivity contribution < 1.29 is 28.5 Å². The van der Waals surface area contributed by atoms with Gasteiger partial charge in [0.2, 0.25) is 0 Å². The number of amides is 2. The van der Waals surface area contributed by atoms with E-state index in [-0.39, 0.29) is 22.5 Å². The third-order valence-electron chi connectivity index (χ3n) is 4.62. The predicted octanol–water partition coefficient (Wildman–Crippen LogP) is 2.21. The van der Waals surface area contributed by atoms with Gasteiger partial charge in [0.15, 0.2) is 0 Å². The standard InChI is InChI=1S/C20H12N2O8/c1-10-7-16(23)30-15-8-11(5-6-12(10)15)29-17(24)9-21-19(25)13-3-2-4-14(22(27)28)18(13)20(21)26/h2-8H,9H2,1H3. The highest BCUT2D eigenvalue weighted by molar-refractivity contribution is 6.24. The van der Waals surface area contributed by atoms with E-state index in [0.717, 1.165) is 6.07 Å². The van der Waals surface area contributed by atoms with E-state index in [1.165, 1.54) is 30.3 Å². The van der Waals surface area contributed by atoms with E-state index >= 15 is 0 Å². The second-order valence-electron chi connectivity index (χ2n) is 6.53. The lowest BCUT2D eigenvalue weighted by atomic mass is 10.1. The molecule has 0 saturated carbocycles. The molecule has 0 bridgehead atoms. The van der Waals surface area contributed by atoms with Gasteiger partial charge in [0.1, 0.15) is 23.4 Å². The number of rotatable bonds is 4. The molecule has 3 aromatic rings. The van der Waals surface area contributed by atoms with E-state index in [9.17, 15) is 29.3 Å². The fraction of sp³-hybridized carbons (Fsp3) is 0.100. The van der Waals surface area contributed by atoms with Crippen molar-refractivity contribution in [2.24, 2.45) is 0 Å². The molecule has 0 spiro atoms. The zero-order chi connectivity index (χ0) is 21.6. The molecule has 0 radical (unpaired) electrons. The largest absolute Gasteiger partial charge is 0.425 e. The van der Waals surface area contributed by atoms with E-state index in [2.05, 4.69) is 0 Å². The Morgan fingerprint density at radius 2 is 1.90 bits per heavy atom. The number of benzene rings is 2. The average Bonchev–Trinajstić information content (AvgIpc) is 2.92. The molecule has 0 N–H and O–H groups in total. The van der Waals surface area contributed by atoms with Crippen LogP contribution in [0.4, 0.5) is 5.69 Å². The quantitative estimate of drug-likeness (QED) is 0.160. The number of ether oxygens (including phenoxy) is 1. The molecular weight excluding hydrogens is 396 g/mol. The minimum absolute atomic E-state index is 0.0452. The van der Waals surface area contributed by atoms with Crippen molar-refractivity contribution in [1.82, 2.24) is 4.90 Å². The van der Waals surface area contributed by atoms with E-state index < -0.39 is 40.6 Å². The van der Waals surface area contributed by atoms with Crippen LogP contribution < -0.4 is 10.4 Å². The number of imide groups is 1. The van der Waals surface area contributed by atoms with Crippen LogP contribution in [0, 0.1) is 17.0 Å². The highest BCUT2D eigenvalue weighted by Gasteiger charge is 2.42. The highest BCUT2D eigenvalue weighted by Crippen LogP contribution is 2.30. The summed E-state index contributed by atoms with van der Waals surface area (Å²) in [5, 5.41) is 11.8. The Hall–Kier alpha value is -4.34. The zero-order valence-corrected chi connectivity index (χ0v) is 15.4. The molecule has 0 aliphatic carbocycles. The lowest BCUT2D eigenvalue weighted by molar-refractivity contribution is -0.385. The number of nitro groups is 1. The molecule has 2 aromatic carbocycles. The van der Waals surface area contributed by atoms with Crippen LogP contribution in [0.2, 0.25) is 0 Å². The molecule has 150 valence electrons. The summed E-state index contributed by atoms with van der Waals surface area (Å²) in [5.41, 5.74) is -0.681. The molecule has 0 unspecified atom stereocenters. The van der Waals surface area contributed by atoms with E-state index in [1.54, 1.807) is 13.0 Å². The number of aryl methyl sites for hydroxylation is 1. The summed E-state index contributed by atoms with van der Waals surface area (Å²) < 4.78 is 10.2. The SMILES string of the molecule is Cc1cc(=O)oc2cc(OC(=O)CN3C(=O)c4cccc([N+](=O)[O-])c4C3=O)ccc12. The molecule has 1 aliphatic rings. The molecule has 4 rings (SSSR count). The molecule has 0 fully saturated rings. The second-order valence-corrected chi connectivity index (χ2v) is 6.53. The minimum Gasteiger partial charge on any atom is -0.425 e. The number of nitrogens with zero attached hydrogens (tertiary/aromatic N) is 2. The van der Waals surface area contributed by atoms with Crippen LogP contribution in [0.15, 0.2) is 51.7 Å². The Morgan fingerprint density at radius 3 is 2.63 bits per heavy atom. The summed E-state index contributed by atoms with van der Waals surface area (Å²) in [4.78, 5) is 59.7. The monoisotopic (exact) mass is 408 g/mol. The fourth-order valence-corrected chi connectivity index (χ4v) is 3.27. The Labute approximate surface area is 167 Å². The van der Waals surface area contributed by atoms with Crippen LogP contribution in [-0.4, -0.2) is 34.2 Å². The van der Waals surface area contributed by atoms with E-state index in [1.807, 2.05) is 0 Å². The number of carbonyl (C=O) groups is 3. The second kappa shape index (κ2) is 6.92. The van der Waals surface area contributed by atoms with Gasteiger partial charge < -0.3 is 9.15 Å². The van der Waals surface area contributed by atoms with Gasteiger partial charge in [-0.05, 0) is 30.7 Å². The Balaban J connectivity index is 1.56. The summed E-state index contributed by atoms with van der Waals surface area (Å²) in [6, 6.07) is 9.42. The van der Waals surface area contributed by atoms with Gasteiger partial charge in [-0.15, -0.1) is 0 Å². The number of hydrogen-bond acceptors (Lipinski definition) is 8. The van der Waals surface area contributed by atoms with E-state index in [0.29, 0.717) is 15.8 Å². The Morgan fingerprint density at radius 1 is 1.13 bits per heavy atom. The summed E-state index contributed by atoms with van der Waals surface area (Å²) in [5.74, 6) is -2.67. The predicted molar refractivity (Wildman–Crippen MR) is 101 cm³/mol. The van der Waals surface area contributed by atoms with Crippen molar-refractivity contribution >= 4 is 34.4 Å². The van der Waals surface area contributed by atoms with Crippen molar-refractivity contribution in [3.63, 3.8) is 0 Å². The molecule has 1 aliphatic heterocycles. The molecule has 30 heavy (non-hydrogen) atoms. The van der Waals surface area contributed by atoms with Crippen molar-refractivity contribution in [2.45, 2.75) is 6.92 Å². The van der Waals surface area contributed by atoms with Crippen LogP contribution >= 0.6 is 0 Å². The van der Waals surface area contributed by atoms with Crippen molar-refractivity contribution in [1.29, 1.82) is 0 Å². The lowest BCUT2D eigenvalue weighted by Crippen LogP contribution is -2.36. The van der Waals surface area contributed by atoms with Gasteiger partial charge in [-0.2, -0.15) is 0 Å². The van der Waals surface area contributed by atoms with Gasteiger partial charge in [0.05, 0.1) is 10.5 Å². The van der Waals surface area contributed by atoms with Crippen molar-refractivity contribution in [2.75, 3.05) is 6.54 Å². The number of carbonyl (C=O) groups excluding carboxylic acids is 3. The summed E-state index contributed by atoms with van der Waals surface area (Å²) >= 11 is 0. The molecule has 1 aromatic heterocycles. The summed E-state index contributed by atoms with van der Waals surface area (Å²) in [6.45, 7) is 0.992. The maximum absolute atomic E-state index is 12.5. The van der Waals surface area contributed by atoms with Gasteiger partial charge in [-0.25, -0.2) is 9.59 Å². The maximum Gasteiger partial charge on any atom is 0.336 e. The lowest BCUT2D eigenvalue weighted by Gasteiger charge is -2.13. The average molecular weight is 408 g/mol. The molecule has 2 heterocycles. The molecule has 10 nitrogen and oxygen atoms in total. The van der Waals surface area contributed by atoms with Gasteiger partial charge in [-0.1, -0.05) is 6.07 Å². The van der Waals surface area contributed by atoms with Gasteiger partial charge in [0, 0.05) is 23.6 Å². The van der Waals surface area contributed by atoms with Crippen LogP contribution in [0.3, 0.4) is 0 Å². The van der Waals surface area contributed by atoms with Crippen molar-refractivity contribution in [3.8, 4) is 5.75 Å². The third kappa shape index (κ3) is 3.09. The minimum atomic E-state index is -0.945. The number of fused-ring (bicyclic) bond motifs is 2. The first-order valence-corrected chi connectivity index (χ1v) is 8.65. The van der Waals surface area contributed by atoms with Gasteiger partial charge >= 0.3 is 11.6 Å². The molecular formula is C20H12N2O8. The summed E-state index contributed by atoms with van der Waals surface area (Å²) in [7, 11) is 0. The fourth-order valence-electron chi connectivity index (χ4n) is 3.27. The smallest absolute Gasteiger partial charge is 0.336 e. The van der Waals surface area contributed by atoms with Crippen LogP contribution in [0.25, 0.3) is 11.0 Å².